The molecule has 3 N–H and O–H groups in total. The molecule has 2 atom stereocenters. The van der Waals surface area contributed by atoms with Crippen LogP contribution >= 0.6 is 7.82 Å². The molecule has 0 saturated carbocycles. The maximum Gasteiger partial charge on any atom is 0.472 e. The number of rotatable bonds is 36. The Morgan fingerprint density at radius 3 is 1.69 bits per heavy atom. The zero-order chi connectivity index (χ0) is 36.1. The maximum atomic E-state index is 12.5. The first-order valence-corrected chi connectivity index (χ1v) is 21.0. The van der Waals surface area contributed by atoms with Crippen molar-refractivity contribution in [3.05, 3.63) is 36.5 Å². The van der Waals surface area contributed by atoms with E-state index in [4.69, 9.17) is 24.3 Å². The van der Waals surface area contributed by atoms with Gasteiger partial charge in [0.05, 0.1) is 13.2 Å². The van der Waals surface area contributed by atoms with Gasteiger partial charge in [0.2, 0.25) is 0 Å². The van der Waals surface area contributed by atoms with E-state index >= 15 is 0 Å². The first kappa shape index (κ1) is 47.2. The molecule has 0 aliphatic heterocycles. The molecule has 0 heterocycles. The lowest BCUT2D eigenvalue weighted by molar-refractivity contribution is -0.161. The number of phosphoric acid groups is 1. The predicted octanol–water partition coefficient (Wildman–Crippen LogP) is 10.6. The molecule has 0 aliphatic rings. The number of hydrogen-bond acceptors (Lipinski definition) is 8. The summed E-state index contributed by atoms with van der Waals surface area (Å²) in [6, 6.07) is 0. The van der Waals surface area contributed by atoms with Crippen LogP contribution in [0.3, 0.4) is 0 Å². The van der Waals surface area contributed by atoms with Gasteiger partial charge in [-0.3, -0.25) is 18.6 Å². The maximum absolute atomic E-state index is 12.5. The standard InChI is InChI=1S/C39H72NO8P/c1-3-5-7-9-11-13-15-16-17-18-19-20-22-24-26-28-30-32-39(42)48-37(36-47-49(43,44)46-34-33-40)35-45-38(41)31-29-27-25-23-21-14-12-10-8-6-4-2/h10,12,19-20,24,26,37H,3-9,11,13-18,21-23,25,27-36,40H2,1-2H3,(H,43,44)/b12-10+,20-19+,26-24+/t37-/m1/s1. The molecular weight excluding hydrogens is 641 g/mol. The van der Waals surface area contributed by atoms with Crippen molar-refractivity contribution < 1.29 is 37.6 Å². The van der Waals surface area contributed by atoms with Gasteiger partial charge in [-0.25, -0.2) is 4.57 Å². The summed E-state index contributed by atoms with van der Waals surface area (Å²) < 4.78 is 32.6. The van der Waals surface area contributed by atoms with Gasteiger partial charge in [0.25, 0.3) is 0 Å². The summed E-state index contributed by atoms with van der Waals surface area (Å²) in [5.41, 5.74) is 5.32. The fraction of sp³-hybridized carbons (Fsp3) is 0.795. The molecule has 1 unspecified atom stereocenters. The second-order valence-corrected chi connectivity index (χ2v) is 14.2. The third-order valence-corrected chi connectivity index (χ3v) is 8.98. The van der Waals surface area contributed by atoms with Gasteiger partial charge in [-0.1, -0.05) is 134 Å². The van der Waals surface area contributed by atoms with Gasteiger partial charge in [0, 0.05) is 19.4 Å². The lowest BCUT2D eigenvalue weighted by Crippen LogP contribution is -2.29. The van der Waals surface area contributed by atoms with Gasteiger partial charge in [-0.15, -0.1) is 0 Å². The highest BCUT2D eigenvalue weighted by atomic mass is 31.2. The Bertz CT molecular complexity index is 907. The van der Waals surface area contributed by atoms with Crippen molar-refractivity contribution >= 4 is 19.8 Å². The van der Waals surface area contributed by atoms with Crippen molar-refractivity contribution in [1.29, 1.82) is 0 Å². The summed E-state index contributed by atoms with van der Waals surface area (Å²) in [6.45, 7) is 3.62. The number of ether oxygens (including phenoxy) is 2. The van der Waals surface area contributed by atoms with E-state index in [9.17, 15) is 19.0 Å². The third kappa shape index (κ3) is 35.8. The molecule has 0 amide bonds. The van der Waals surface area contributed by atoms with Crippen LogP contribution in [0.5, 0.6) is 0 Å². The molecule has 0 aromatic rings. The molecule has 0 bridgehead atoms. The SMILES string of the molecule is CCCC/C=C/CCCCCCCC(=O)OC[C@H](COP(=O)(O)OCCN)OC(=O)CCC/C=C/C/C=C/CCCCCCCCCCC. The zero-order valence-electron chi connectivity index (χ0n) is 31.2. The number of hydrogen-bond donors (Lipinski definition) is 2. The van der Waals surface area contributed by atoms with Crippen LogP contribution in [0.1, 0.15) is 168 Å². The third-order valence-electron chi connectivity index (χ3n) is 8.00. The van der Waals surface area contributed by atoms with Crippen LogP contribution in [-0.2, 0) is 32.7 Å². The minimum atomic E-state index is -4.38. The number of nitrogens with two attached hydrogens (primary N) is 1. The average molecular weight is 714 g/mol. The monoisotopic (exact) mass is 713 g/mol. The summed E-state index contributed by atoms with van der Waals surface area (Å²) in [5, 5.41) is 0. The molecule has 286 valence electrons. The Morgan fingerprint density at radius 2 is 1.10 bits per heavy atom. The van der Waals surface area contributed by atoms with Crippen molar-refractivity contribution in [2.75, 3.05) is 26.4 Å². The number of unbranched alkanes of at least 4 members (excludes halogenated alkanes) is 17. The number of allylic oxidation sites excluding steroid dienone is 6. The van der Waals surface area contributed by atoms with Gasteiger partial charge in [0.1, 0.15) is 6.61 Å². The van der Waals surface area contributed by atoms with Crippen LogP contribution in [0, 0.1) is 0 Å². The largest absolute Gasteiger partial charge is 0.472 e. The first-order valence-electron chi connectivity index (χ1n) is 19.5. The Hall–Kier alpha value is -1.77. The van der Waals surface area contributed by atoms with Gasteiger partial charge < -0.3 is 20.1 Å². The Labute approximate surface area is 299 Å². The molecule has 0 aromatic carbocycles. The van der Waals surface area contributed by atoms with Crippen LogP contribution < -0.4 is 5.73 Å². The fourth-order valence-electron chi connectivity index (χ4n) is 5.07. The number of phosphoric ester groups is 1. The summed E-state index contributed by atoms with van der Waals surface area (Å²) in [7, 11) is -4.38. The van der Waals surface area contributed by atoms with Crippen molar-refractivity contribution in [2.24, 2.45) is 5.73 Å². The van der Waals surface area contributed by atoms with E-state index in [1.807, 2.05) is 0 Å². The van der Waals surface area contributed by atoms with E-state index in [1.165, 1.54) is 70.6 Å². The fourth-order valence-corrected chi connectivity index (χ4v) is 5.83. The number of carbonyl (C=O) groups is 2. The first-order chi connectivity index (χ1) is 23.8. The van der Waals surface area contributed by atoms with E-state index < -0.39 is 32.5 Å². The molecule has 0 rings (SSSR count). The summed E-state index contributed by atoms with van der Waals surface area (Å²) in [5.74, 6) is -0.895. The molecule has 0 aliphatic carbocycles. The highest BCUT2D eigenvalue weighted by molar-refractivity contribution is 7.47. The van der Waals surface area contributed by atoms with E-state index in [2.05, 4.69) is 50.3 Å². The molecule has 9 nitrogen and oxygen atoms in total. The minimum Gasteiger partial charge on any atom is -0.462 e. The highest BCUT2D eigenvalue weighted by Gasteiger charge is 2.25. The topological polar surface area (TPSA) is 134 Å². The second-order valence-electron chi connectivity index (χ2n) is 12.8. The molecular formula is C39H72NO8P. The Morgan fingerprint density at radius 1 is 0.612 bits per heavy atom. The van der Waals surface area contributed by atoms with E-state index in [1.54, 1.807) is 0 Å². The van der Waals surface area contributed by atoms with Crippen LogP contribution in [0.4, 0.5) is 0 Å². The second kappa shape index (κ2) is 36.0. The normalized spacial score (nSPS) is 13.8. The van der Waals surface area contributed by atoms with Crippen LogP contribution in [0.2, 0.25) is 0 Å². The molecule has 49 heavy (non-hydrogen) atoms. The molecule has 0 fully saturated rings. The summed E-state index contributed by atoms with van der Waals surface area (Å²) in [4.78, 5) is 34.6. The molecule has 10 heteroatoms. The van der Waals surface area contributed by atoms with Crippen molar-refractivity contribution in [2.45, 2.75) is 174 Å². The van der Waals surface area contributed by atoms with Crippen LogP contribution in [0.25, 0.3) is 0 Å². The van der Waals surface area contributed by atoms with Crippen LogP contribution in [-0.4, -0.2) is 49.3 Å². The van der Waals surface area contributed by atoms with Crippen molar-refractivity contribution in [1.82, 2.24) is 0 Å². The van der Waals surface area contributed by atoms with E-state index in [0.717, 1.165) is 57.8 Å². The van der Waals surface area contributed by atoms with Crippen molar-refractivity contribution in [3.8, 4) is 0 Å². The molecule has 0 radical (unpaired) electrons. The molecule has 0 spiro atoms. The smallest absolute Gasteiger partial charge is 0.462 e. The summed E-state index contributed by atoms with van der Waals surface area (Å²) in [6.07, 6.45) is 37.6. The minimum absolute atomic E-state index is 0.0458. The van der Waals surface area contributed by atoms with Gasteiger partial charge in [0.15, 0.2) is 6.10 Å². The molecule has 0 saturated heterocycles. The quantitative estimate of drug-likeness (QED) is 0.0281. The Balaban J connectivity index is 4.28. The van der Waals surface area contributed by atoms with E-state index in [-0.39, 0.29) is 32.6 Å². The van der Waals surface area contributed by atoms with Gasteiger partial charge in [-0.05, 0) is 57.8 Å². The Kier molecular flexibility index (Phi) is 34.7. The number of carbonyl (C=O) groups excluding carboxylic acids is 2. The highest BCUT2D eigenvalue weighted by Crippen LogP contribution is 2.43. The average Bonchev–Trinajstić information content (AvgIpc) is 3.08. The lowest BCUT2D eigenvalue weighted by atomic mass is 10.1. The summed E-state index contributed by atoms with van der Waals surface area (Å²) >= 11 is 0. The van der Waals surface area contributed by atoms with Gasteiger partial charge in [-0.2, -0.15) is 0 Å². The number of esters is 2. The van der Waals surface area contributed by atoms with Crippen molar-refractivity contribution in [3.63, 3.8) is 0 Å². The zero-order valence-corrected chi connectivity index (χ0v) is 32.1. The van der Waals surface area contributed by atoms with E-state index in [0.29, 0.717) is 12.8 Å². The van der Waals surface area contributed by atoms with Gasteiger partial charge >= 0.3 is 19.8 Å². The van der Waals surface area contributed by atoms with Crippen LogP contribution in [0.15, 0.2) is 36.5 Å². The lowest BCUT2D eigenvalue weighted by Gasteiger charge is -2.19. The molecule has 0 aromatic heterocycles. The predicted molar refractivity (Wildman–Crippen MR) is 201 cm³/mol.